The topological polar surface area (TPSA) is 107 Å². The quantitative estimate of drug-likeness (QED) is 0.713. The maximum absolute atomic E-state index is 11.8. The fourth-order valence-electron chi connectivity index (χ4n) is 1.81. The van der Waals surface area contributed by atoms with Gasteiger partial charge in [0.1, 0.15) is 11.5 Å². The van der Waals surface area contributed by atoms with E-state index in [0.29, 0.717) is 16.5 Å². The Morgan fingerprint density at radius 2 is 1.92 bits per heavy atom. The number of carbonyl (C=O) groups excluding carboxylic acids is 3. The monoisotopic (exact) mass is 380 g/mol. The van der Waals surface area contributed by atoms with Crippen molar-refractivity contribution in [2.24, 2.45) is 0 Å². The van der Waals surface area contributed by atoms with E-state index in [2.05, 4.69) is 5.32 Å². The molecule has 0 unspecified atom stereocenters. The van der Waals surface area contributed by atoms with Crippen LogP contribution in [0.2, 0.25) is 5.02 Å². The number of ether oxygens (including phenoxy) is 2. The number of amides is 3. The molecule has 1 aromatic carbocycles. The Kier molecular flexibility index (Phi) is 7.04. The maximum Gasteiger partial charge on any atom is 0.347 e. The molecule has 0 saturated heterocycles. The molecule has 0 spiro atoms. The van der Waals surface area contributed by atoms with E-state index in [1.54, 1.807) is 36.4 Å². The molecule has 2 N–H and O–H groups in total. The molecule has 2 aromatic rings. The fraction of sp³-hybridized carbons (Fsp3) is 0.235. The van der Waals surface area contributed by atoms with Gasteiger partial charge >= 0.3 is 12.0 Å². The number of carbonyl (C=O) groups is 3. The number of urea groups is 1. The van der Waals surface area contributed by atoms with Gasteiger partial charge in [0.2, 0.25) is 0 Å². The van der Waals surface area contributed by atoms with Crippen molar-refractivity contribution in [3.8, 4) is 5.75 Å². The van der Waals surface area contributed by atoms with Gasteiger partial charge in [-0.25, -0.2) is 9.59 Å². The Labute approximate surface area is 154 Å². The van der Waals surface area contributed by atoms with E-state index in [9.17, 15) is 14.4 Å². The van der Waals surface area contributed by atoms with Gasteiger partial charge in [-0.1, -0.05) is 11.6 Å². The number of furan rings is 1. The first kappa shape index (κ1) is 19.3. The average molecular weight is 381 g/mol. The van der Waals surface area contributed by atoms with E-state index in [4.69, 9.17) is 25.5 Å². The molecule has 3 amide bonds. The van der Waals surface area contributed by atoms with Crippen molar-refractivity contribution in [1.29, 1.82) is 0 Å². The lowest BCUT2D eigenvalue weighted by Gasteiger charge is -2.14. The van der Waals surface area contributed by atoms with Gasteiger partial charge < -0.3 is 19.2 Å². The van der Waals surface area contributed by atoms with Gasteiger partial charge in [-0.15, -0.1) is 0 Å². The molecule has 26 heavy (non-hydrogen) atoms. The van der Waals surface area contributed by atoms with Gasteiger partial charge in [-0.3, -0.25) is 10.1 Å². The highest BCUT2D eigenvalue weighted by Gasteiger charge is 2.18. The van der Waals surface area contributed by atoms with Gasteiger partial charge in [0.05, 0.1) is 12.8 Å². The molecule has 0 aliphatic heterocycles. The van der Waals surface area contributed by atoms with E-state index < -0.39 is 30.6 Å². The number of halogens is 1. The fourth-order valence-corrected chi connectivity index (χ4v) is 1.93. The van der Waals surface area contributed by atoms with Crippen LogP contribution in [-0.2, 0) is 20.9 Å². The molecule has 1 heterocycles. The number of rotatable bonds is 7. The molecule has 0 aliphatic rings. The maximum atomic E-state index is 11.8. The minimum absolute atomic E-state index is 0.123. The third-order valence-corrected chi connectivity index (χ3v) is 3.31. The lowest BCUT2D eigenvalue weighted by atomic mass is 10.3. The van der Waals surface area contributed by atoms with Crippen LogP contribution in [0.5, 0.6) is 5.75 Å². The smallest absolute Gasteiger partial charge is 0.347 e. The number of benzene rings is 1. The van der Waals surface area contributed by atoms with Crippen LogP contribution in [-0.4, -0.2) is 30.6 Å². The van der Waals surface area contributed by atoms with E-state index in [1.807, 2.05) is 5.32 Å². The minimum atomic E-state index is -0.934. The molecule has 138 valence electrons. The van der Waals surface area contributed by atoms with Crippen molar-refractivity contribution < 1.29 is 28.3 Å². The SMILES string of the molecule is C[C@H](Oc1ccc(Cl)cc1)C(=O)OCC(=O)NC(=O)NCc1ccco1. The Hall–Kier alpha value is -3.00. The third kappa shape index (κ3) is 6.48. The van der Waals surface area contributed by atoms with Gasteiger partial charge in [0.25, 0.3) is 5.91 Å². The zero-order valence-corrected chi connectivity index (χ0v) is 14.6. The predicted molar refractivity (Wildman–Crippen MR) is 91.6 cm³/mol. The third-order valence-electron chi connectivity index (χ3n) is 3.06. The normalized spacial score (nSPS) is 11.3. The summed E-state index contributed by atoms with van der Waals surface area (Å²) in [5.41, 5.74) is 0. The first-order valence-electron chi connectivity index (χ1n) is 7.63. The van der Waals surface area contributed by atoms with Gasteiger partial charge in [0.15, 0.2) is 12.7 Å². The number of nitrogens with one attached hydrogen (secondary N) is 2. The van der Waals surface area contributed by atoms with Crippen LogP contribution in [0.4, 0.5) is 4.79 Å². The van der Waals surface area contributed by atoms with E-state index in [0.717, 1.165) is 0 Å². The van der Waals surface area contributed by atoms with Crippen molar-refractivity contribution in [1.82, 2.24) is 10.6 Å². The average Bonchev–Trinajstić information content (AvgIpc) is 3.13. The summed E-state index contributed by atoms with van der Waals surface area (Å²) in [6.07, 6.45) is 0.532. The largest absolute Gasteiger partial charge is 0.479 e. The van der Waals surface area contributed by atoms with E-state index >= 15 is 0 Å². The molecule has 1 atom stereocenters. The summed E-state index contributed by atoms with van der Waals surface area (Å²) < 4.78 is 15.2. The second-order valence-electron chi connectivity index (χ2n) is 5.13. The standard InChI is InChI=1S/C17H17ClN2O6/c1-11(26-13-6-4-12(18)5-7-13)16(22)25-10-15(21)20-17(23)19-9-14-3-2-8-24-14/h2-8,11H,9-10H2,1H3,(H2,19,20,21,23)/t11-/m0/s1. The molecule has 0 saturated carbocycles. The highest BCUT2D eigenvalue weighted by molar-refractivity contribution is 6.30. The molecule has 0 radical (unpaired) electrons. The highest BCUT2D eigenvalue weighted by atomic mass is 35.5. The van der Waals surface area contributed by atoms with Gasteiger partial charge in [-0.05, 0) is 43.3 Å². The summed E-state index contributed by atoms with van der Waals surface area (Å²) in [5, 5.41) is 4.99. The molecule has 0 bridgehead atoms. The Morgan fingerprint density at radius 1 is 1.19 bits per heavy atom. The zero-order valence-electron chi connectivity index (χ0n) is 13.9. The Morgan fingerprint density at radius 3 is 2.58 bits per heavy atom. The molecule has 1 aromatic heterocycles. The lowest BCUT2D eigenvalue weighted by Crippen LogP contribution is -2.41. The van der Waals surface area contributed by atoms with Crippen LogP contribution < -0.4 is 15.4 Å². The van der Waals surface area contributed by atoms with Crippen LogP contribution in [0.3, 0.4) is 0 Å². The molecule has 2 rings (SSSR count). The number of esters is 1. The second kappa shape index (κ2) is 9.47. The van der Waals surface area contributed by atoms with Crippen LogP contribution in [0, 0.1) is 0 Å². The van der Waals surface area contributed by atoms with Gasteiger partial charge in [0, 0.05) is 5.02 Å². The Bertz CT molecular complexity index is 745. The van der Waals surface area contributed by atoms with Crippen molar-refractivity contribution in [3.63, 3.8) is 0 Å². The first-order valence-corrected chi connectivity index (χ1v) is 8.01. The molecule has 8 nitrogen and oxygen atoms in total. The zero-order chi connectivity index (χ0) is 18.9. The second-order valence-corrected chi connectivity index (χ2v) is 5.57. The number of hydrogen-bond acceptors (Lipinski definition) is 6. The van der Waals surface area contributed by atoms with Crippen LogP contribution >= 0.6 is 11.6 Å². The molecule has 9 heteroatoms. The lowest BCUT2D eigenvalue weighted by molar-refractivity contribution is -0.154. The first-order chi connectivity index (χ1) is 12.4. The summed E-state index contributed by atoms with van der Waals surface area (Å²) >= 11 is 5.76. The summed E-state index contributed by atoms with van der Waals surface area (Å²) in [7, 11) is 0. The van der Waals surface area contributed by atoms with E-state index in [1.165, 1.54) is 13.2 Å². The summed E-state index contributed by atoms with van der Waals surface area (Å²) in [5.74, 6) is -0.548. The van der Waals surface area contributed by atoms with Crippen LogP contribution in [0.25, 0.3) is 0 Å². The summed E-state index contributed by atoms with van der Waals surface area (Å²) in [6, 6.07) is 9.05. The molecular formula is C17H17ClN2O6. The van der Waals surface area contributed by atoms with Crippen molar-refractivity contribution in [3.05, 3.63) is 53.4 Å². The van der Waals surface area contributed by atoms with E-state index in [-0.39, 0.29) is 6.54 Å². The van der Waals surface area contributed by atoms with Crippen molar-refractivity contribution >= 4 is 29.5 Å². The summed E-state index contributed by atoms with van der Waals surface area (Å²) in [4.78, 5) is 35.0. The van der Waals surface area contributed by atoms with Crippen molar-refractivity contribution in [2.45, 2.75) is 19.6 Å². The molecular weight excluding hydrogens is 364 g/mol. The van der Waals surface area contributed by atoms with Crippen LogP contribution in [0.15, 0.2) is 47.1 Å². The summed E-state index contributed by atoms with van der Waals surface area (Å²) in [6.45, 7) is 0.990. The molecule has 0 aliphatic carbocycles. The van der Waals surface area contributed by atoms with Crippen molar-refractivity contribution in [2.75, 3.05) is 6.61 Å². The number of imide groups is 1. The molecule has 0 fully saturated rings. The Balaban J connectivity index is 1.67. The van der Waals surface area contributed by atoms with Gasteiger partial charge in [-0.2, -0.15) is 0 Å². The predicted octanol–water partition coefficient (Wildman–Crippen LogP) is 2.27. The van der Waals surface area contributed by atoms with Crippen LogP contribution in [0.1, 0.15) is 12.7 Å². The highest BCUT2D eigenvalue weighted by Crippen LogP contribution is 2.17. The minimum Gasteiger partial charge on any atom is -0.479 e. The number of hydrogen-bond donors (Lipinski definition) is 2.